The summed E-state index contributed by atoms with van der Waals surface area (Å²) in [6, 6.07) is 19.3. The quantitative estimate of drug-likeness (QED) is 0.154. The molecule has 0 radical (unpaired) electrons. The van der Waals surface area contributed by atoms with Crippen molar-refractivity contribution in [3.8, 4) is 67.5 Å². The highest BCUT2D eigenvalue weighted by Crippen LogP contribution is 2.41. The van der Waals surface area contributed by atoms with E-state index in [1.165, 1.54) is 0 Å². The van der Waals surface area contributed by atoms with E-state index in [9.17, 15) is 14.4 Å². The van der Waals surface area contributed by atoms with Crippen molar-refractivity contribution in [1.82, 2.24) is 117 Å². The van der Waals surface area contributed by atoms with Gasteiger partial charge in [0.1, 0.15) is 34.6 Å². The lowest BCUT2D eigenvalue weighted by Gasteiger charge is -2.37. The molecular formula is C73H90N24O4. The second kappa shape index (κ2) is 26.9. The zero-order valence-corrected chi connectivity index (χ0v) is 59.0. The third kappa shape index (κ3) is 12.3. The van der Waals surface area contributed by atoms with Gasteiger partial charge in [-0.15, -0.1) is 0 Å². The molecule has 3 amide bonds. The minimum atomic E-state index is 0. The zero-order chi connectivity index (χ0) is 69.7. The van der Waals surface area contributed by atoms with Gasteiger partial charge in [0.05, 0.1) is 88.9 Å². The van der Waals surface area contributed by atoms with Crippen molar-refractivity contribution in [2.24, 2.45) is 42.3 Å². The highest BCUT2D eigenvalue weighted by atomic mass is 16.2. The molecule has 28 heteroatoms. The summed E-state index contributed by atoms with van der Waals surface area (Å²) in [7, 11) is 16.9. The van der Waals surface area contributed by atoms with Crippen LogP contribution in [0.25, 0.3) is 100 Å². The second-order valence-electron chi connectivity index (χ2n) is 27.6. The molecule has 12 aromatic rings. The van der Waals surface area contributed by atoms with E-state index in [4.69, 9.17) is 35.4 Å². The Morgan fingerprint density at radius 2 is 0.703 bits per heavy atom. The first-order chi connectivity index (χ1) is 48.3. The number of aliphatic hydroxyl groups excluding tert-OH is 1. The van der Waals surface area contributed by atoms with Crippen LogP contribution in [0.4, 0.5) is 0 Å². The molecule has 28 nitrogen and oxygen atoms in total. The minimum Gasteiger partial charge on any atom is -0.400 e. The fourth-order valence-electron chi connectivity index (χ4n) is 15.3. The van der Waals surface area contributed by atoms with E-state index in [0.717, 1.165) is 220 Å². The number of aryl methyl sites for hydroxylation is 6. The van der Waals surface area contributed by atoms with Gasteiger partial charge in [-0.2, -0.15) is 30.6 Å². The largest absolute Gasteiger partial charge is 0.400 e. The van der Waals surface area contributed by atoms with Crippen molar-refractivity contribution in [2.45, 2.75) is 85.2 Å². The summed E-state index contributed by atoms with van der Waals surface area (Å²) in [5, 5.41) is 40.9. The number of carbonyl (C=O) groups is 3. The van der Waals surface area contributed by atoms with E-state index >= 15 is 0 Å². The van der Waals surface area contributed by atoms with Gasteiger partial charge in [0.15, 0.2) is 0 Å². The van der Waals surface area contributed by atoms with Crippen molar-refractivity contribution < 1.29 is 19.5 Å². The Balaban J connectivity index is 0.000000126. The van der Waals surface area contributed by atoms with Gasteiger partial charge in [0.25, 0.3) is 0 Å². The van der Waals surface area contributed by atoms with Crippen LogP contribution in [-0.4, -0.2) is 215 Å². The molecule has 3 fully saturated rings. The smallest absolute Gasteiger partial charge is 0.219 e. The maximum absolute atomic E-state index is 12.2. The van der Waals surface area contributed by atoms with Crippen LogP contribution < -0.4 is 5.32 Å². The molecule has 6 aliphatic heterocycles. The van der Waals surface area contributed by atoms with E-state index in [0.29, 0.717) is 37.4 Å². The first kappa shape index (κ1) is 67.7. The molecule has 101 heavy (non-hydrogen) atoms. The Morgan fingerprint density at radius 1 is 0.406 bits per heavy atom. The number of likely N-dealkylation sites (tertiary alicyclic amines) is 2. The van der Waals surface area contributed by atoms with Crippen LogP contribution in [0, 0.1) is 0 Å². The van der Waals surface area contributed by atoms with Crippen LogP contribution in [0.5, 0.6) is 0 Å². The number of aromatic nitrogens is 18. The van der Waals surface area contributed by atoms with Gasteiger partial charge in [-0.1, -0.05) is 25.6 Å². The number of nitrogens with one attached hydrogen (secondary N) is 1. The van der Waals surface area contributed by atoms with Crippen molar-refractivity contribution in [2.75, 3.05) is 80.1 Å². The number of rotatable bonds is 9. The first-order valence-corrected chi connectivity index (χ1v) is 34.2. The molecule has 0 atom stereocenters. The van der Waals surface area contributed by atoms with Crippen LogP contribution in [0.3, 0.4) is 0 Å². The van der Waals surface area contributed by atoms with E-state index in [1.807, 2.05) is 108 Å². The molecule has 0 aliphatic carbocycles. The Labute approximate surface area is 586 Å². The SMILES string of the molecule is C.CC(=O)N1CCn2c(C3CN(C)C3)nc(-c3ccc4c(c3)c(-c3cnn(C)c3)nn4C)c2C1.CC(=O)N1CCn2c(C3CN(C)C3)nc(-c3ccc4c(c3)c(-c3cnn(C)c3)nn4C)c2C1.CC(=O)N1CCn2c(C3CNC3)nc(-c3ccc4c(c3)c(-c3cnn(C)c3)nn4C)c2C1.CO. The molecule has 0 spiro atoms. The van der Waals surface area contributed by atoms with Gasteiger partial charge in [-0.25, -0.2) is 15.0 Å². The number of imidazole rings is 3. The lowest BCUT2D eigenvalue weighted by Crippen LogP contribution is -2.44. The van der Waals surface area contributed by atoms with Gasteiger partial charge in [-0.05, 0) is 50.5 Å². The third-order valence-electron chi connectivity index (χ3n) is 20.8. The molecule has 0 saturated carbocycles. The summed E-state index contributed by atoms with van der Waals surface area (Å²) >= 11 is 0. The Bertz CT molecular complexity index is 4930. The lowest BCUT2D eigenvalue weighted by atomic mass is 10.0. The molecular weight excluding hydrogens is 1280 g/mol. The van der Waals surface area contributed by atoms with Crippen molar-refractivity contribution in [1.29, 1.82) is 0 Å². The second-order valence-corrected chi connectivity index (χ2v) is 27.6. The average Bonchev–Trinajstić information content (AvgIpc) is 1.61. The number of benzene rings is 3. The summed E-state index contributed by atoms with van der Waals surface area (Å²) in [4.78, 5) is 62.3. The third-order valence-corrected chi connectivity index (χ3v) is 20.8. The number of fused-ring (bicyclic) bond motifs is 6. The Kier molecular flexibility index (Phi) is 18.1. The molecule has 6 aliphatic rings. The highest BCUT2D eigenvalue weighted by Gasteiger charge is 2.37. The van der Waals surface area contributed by atoms with Crippen LogP contribution in [0.1, 0.15) is 80.5 Å². The fourth-order valence-corrected chi connectivity index (χ4v) is 15.3. The van der Waals surface area contributed by atoms with E-state index < -0.39 is 0 Å². The zero-order valence-electron chi connectivity index (χ0n) is 59.0. The predicted molar refractivity (Wildman–Crippen MR) is 387 cm³/mol. The summed E-state index contributed by atoms with van der Waals surface area (Å²) in [5.41, 5.74) is 18.4. The normalized spacial score (nSPS) is 16.3. The van der Waals surface area contributed by atoms with Gasteiger partial charge < -0.3 is 48.6 Å². The van der Waals surface area contributed by atoms with Crippen LogP contribution in [0.15, 0.2) is 91.8 Å². The summed E-state index contributed by atoms with van der Waals surface area (Å²) in [5.74, 6) is 5.09. The molecule has 3 aromatic carbocycles. The summed E-state index contributed by atoms with van der Waals surface area (Å²) in [6.45, 7) is 17.4. The average molecular weight is 1370 g/mol. The minimum absolute atomic E-state index is 0. The Hall–Kier alpha value is -10.4. The number of hydrogen-bond acceptors (Lipinski definition) is 16. The standard InChI is InChI=1S/2C24H28N8O.C23H26N8O.CH4O.CH4/c2*1-15(33)31-7-8-32-21(14-31)23(26-24(32)18-11-28(2)12-18)16-5-6-20-19(9-16)22(27-30(20)4)17-10-25-29(3)13-17;1-14(32)30-6-7-31-20(13-30)22(26-23(31)16-9-24-10-16)15-4-5-19-18(8-15)21(27-29(19)3)17-11-25-28(2)12-17;1-2;/h2*5-6,9-10,13,18H,7-8,11-12,14H2,1-4H3;4-5,8,11-12,16,24H,6-7,9-10,13H2,1-3H3;2H,1H3;1H4. The molecule has 18 rings (SSSR count). The molecule has 2 N–H and O–H groups in total. The van der Waals surface area contributed by atoms with Gasteiger partial charge in [0, 0.05) is 235 Å². The lowest BCUT2D eigenvalue weighted by molar-refractivity contribution is -0.131. The predicted octanol–water partition coefficient (Wildman–Crippen LogP) is 6.59. The number of nitrogens with zero attached hydrogens (tertiary/aromatic N) is 23. The Morgan fingerprint density at radius 3 is 0.950 bits per heavy atom. The number of hydrogen-bond donors (Lipinski definition) is 2. The summed E-state index contributed by atoms with van der Waals surface area (Å²) < 4.78 is 18.2. The van der Waals surface area contributed by atoms with Crippen molar-refractivity contribution >= 4 is 50.4 Å². The fraction of sp³-hybridized carbons (Fsp3) is 0.425. The van der Waals surface area contributed by atoms with Crippen LogP contribution in [0.2, 0.25) is 0 Å². The number of aliphatic hydroxyl groups is 1. The van der Waals surface area contributed by atoms with Gasteiger partial charge >= 0.3 is 0 Å². The number of carbonyl (C=O) groups excluding carboxylic acids is 3. The number of likely N-dealkylation sites (N-methyl/N-ethyl adjacent to an activating group) is 2. The highest BCUT2D eigenvalue weighted by molar-refractivity contribution is 5.98. The first-order valence-electron chi connectivity index (χ1n) is 34.2. The van der Waals surface area contributed by atoms with E-state index in [2.05, 4.69) is 113 Å². The van der Waals surface area contributed by atoms with E-state index in [-0.39, 0.29) is 25.1 Å². The van der Waals surface area contributed by atoms with E-state index in [1.54, 1.807) is 34.8 Å². The molecule has 0 bridgehead atoms. The number of amides is 3. The molecule has 15 heterocycles. The monoisotopic (exact) mass is 1370 g/mol. The topological polar surface area (TPSA) is 260 Å². The molecule has 526 valence electrons. The summed E-state index contributed by atoms with van der Waals surface area (Å²) in [6.07, 6.45) is 11.5. The molecule has 0 unspecified atom stereocenters. The molecule has 3 saturated heterocycles. The van der Waals surface area contributed by atoms with Crippen molar-refractivity contribution in [3.05, 3.63) is 126 Å². The maximum atomic E-state index is 12.2. The van der Waals surface area contributed by atoms with Crippen LogP contribution in [-0.2, 0) is 95.9 Å². The van der Waals surface area contributed by atoms with Crippen molar-refractivity contribution in [3.63, 3.8) is 0 Å². The van der Waals surface area contributed by atoms with Gasteiger partial charge in [0.2, 0.25) is 17.7 Å². The molecule has 9 aromatic heterocycles. The van der Waals surface area contributed by atoms with Gasteiger partial charge in [-0.3, -0.25) is 42.5 Å². The maximum Gasteiger partial charge on any atom is 0.219 e. The van der Waals surface area contributed by atoms with Crippen LogP contribution >= 0.6 is 0 Å².